The Labute approximate surface area is 172 Å². The number of carbonyl (C=O) groups is 1. The van der Waals surface area contributed by atoms with Gasteiger partial charge in [-0.1, -0.05) is 47.5 Å². The van der Waals surface area contributed by atoms with Gasteiger partial charge in [-0.05, 0) is 56.4 Å². The van der Waals surface area contributed by atoms with Gasteiger partial charge in [-0.2, -0.15) is 0 Å². The summed E-state index contributed by atoms with van der Waals surface area (Å²) in [6.45, 7) is 6.25. The molecule has 0 aliphatic rings. The first kappa shape index (κ1) is 22.6. The van der Waals surface area contributed by atoms with Gasteiger partial charge >= 0.3 is 0 Å². The maximum absolute atomic E-state index is 12.5. The molecule has 152 valence electrons. The third-order valence-electron chi connectivity index (χ3n) is 4.78. The van der Waals surface area contributed by atoms with Crippen molar-refractivity contribution in [1.29, 1.82) is 0 Å². The maximum atomic E-state index is 12.5. The Morgan fingerprint density at radius 3 is 2.61 bits per heavy atom. The van der Waals surface area contributed by atoms with E-state index in [-0.39, 0.29) is 25.6 Å². The van der Waals surface area contributed by atoms with Crippen molar-refractivity contribution in [2.45, 2.75) is 52.2 Å². The number of aliphatic hydroxyl groups is 1. The van der Waals surface area contributed by atoms with Crippen LogP contribution in [0.25, 0.3) is 0 Å². The Balaban J connectivity index is 1.88. The van der Waals surface area contributed by atoms with E-state index in [0.717, 1.165) is 18.4 Å². The van der Waals surface area contributed by atoms with E-state index in [9.17, 15) is 4.79 Å². The first-order valence-electron chi connectivity index (χ1n) is 9.57. The molecular formula is C23H30ClNO3. The lowest BCUT2D eigenvalue weighted by Crippen LogP contribution is -2.44. The Morgan fingerprint density at radius 2 is 1.93 bits per heavy atom. The third-order valence-corrected chi connectivity index (χ3v) is 5.13. The van der Waals surface area contributed by atoms with Gasteiger partial charge in [0.25, 0.3) is 0 Å². The molecular weight excluding hydrogens is 374 g/mol. The molecule has 4 nitrogen and oxygen atoms in total. The number of aliphatic hydroxyl groups excluding tert-OH is 1. The van der Waals surface area contributed by atoms with E-state index < -0.39 is 5.54 Å². The van der Waals surface area contributed by atoms with Gasteiger partial charge in [0, 0.05) is 17.0 Å². The zero-order valence-corrected chi connectivity index (χ0v) is 17.7. The highest BCUT2D eigenvalue weighted by Gasteiger charge is 2.17. The molecule has 28 heavy (non-hydrogen) atoms. The van der Waals surface area contributed by atoms with Crippen molar-refractivity contribution in [1.82, 2.24) is 0 Å². The molecule has 0 fully saturated rings. The van der Waals surface area contributed by atoms with Gasteiger partial charge in [0.05, 0.1) is 25.4 Å². The fourth-order valence-electron chi connectivity index (χ4n) is 2.93. The number of ether oxygens (including phenoxy) is 1. The van der Waals surface area contributed by atoms with E-state index in [1.54, 1.807) is 19.1 Å². The van der Waals surface area contributed by atoms with Crippen molar-refractivity contribution in [3.63, 3.8) is 0 Å². The number of halogens is 1. The third kappa shape index (κ3) is 6.71. The number of Topliss-reactive ketones (excluding diaryl/α,β-unsaturated/α-hetero) is 1. The molecule has 1 unspecified atom stereocenters. The van der Waals surface area contributed by atoms with Crippen LogP contribution in [0.2, 0.25) is 5.02 Å². The lowest BCUT2D eigenvalue weighted by Gasteiger charge is -2.21. The summed E-state index contributed by atoms with van der Waals surface area (Å²) in [4.78, 5) is 12.5. The number of ketones is 1. The van der Waals surface area contributed by atoms with Crippen LogP contribution in [-0.2, 0) is 17.8 Å². The summed E-state index contributed by atoms with van der Waals surface area (Å²) in [6.07, 6.45) is 2.19. The molecule has 5 heteroatoms. The summed E-state index contributed by atoms with van der Waals surface area (Å²) >= 11 is 6.31. The molecule has 1 atom stereocenters. The molecule has 2 aromatic carbocycles. The van der Waals surface area contributed by atoms with Gasteiger partial charge < -0.3 is 15.6 Å². The van der Waals surface area contributed by atoms with Crippen molar-refractivity contribution in [2.75, 3.05) is 13.2 Å². The summed E-state index contributed by atoms with van der Waals surface area (Å²) in [5, 5.41) is 9.65. The molecule has 2 aromatic rings. The first-order chi connectivity index (χ1) is 13.2. The molecule has 0 aliphatic heterocycles. The number of aryl methyl sites for hydroxylation is 3. The van der Waals surface area contributed by atoms with Crippen LogP contribution in [0.1, 0.15) is 52.4 Å². The second-order valence-electron chi connectivity index (χ2n) is 7.82. The number of nitrogens with two attached hydrogens (primary N) is 1. The summed E-state index contributed by atoms with van der Waals surface area (Å²) in [7, 11) is 0. The largest absolute Gasteiger partial charge is 0.394 e. The SMILES string of the molecule is Cc1ccc(C)c(CCCC(=O)c2ccc(COCC(C)(N)CO)c(Cl)c2)c1. The molecule has 0 bridgehead atoms. The van der Waals surface area contributed by atoms with E-state index >= 15 is 0 Å². The Bertz CT molecular complexity index is 817. The first-order valence-corrected chi connectivity index (χ1v) is 9.95. The van der Waals surface area contributed by atoms with Crippen LogP contribution in [0.15, 0.2) is 36.4 Å². The monoisotopic (exact) mass is 403 g/mol. The van der Waals surface area contributed by atoms with Gasteiger partial charge in [-0.15, -0.1) is 0 Å². The molecule has 2 rings (SSSR count). The topological polar surface area (TPSA) is 72.5 Å². The minimum absolute atomic E-state index is 0.0921. The Hall–Kier alpha value is -1.72. The van der Waals surface area contributed by atoms with Gasteiger partial charge in [0.1, 0.15) is 0 Å². The standard InChI is InChI=1S/C23H30ClNO3/c1-16-7-8-17(2)18(11-16)5-4-6-22(27)19-9-10-20(21(24)12-19)13-28-15-23(3,25)14-26/h7-12,26H,4-6,13-15,25H2,1-3H3. The summed E-state index contributed by atoms with van der Waals surface area (Å²) < 4.78 is 5.54. The predicted molar refractivity (Wildman–Crippen MR) is 114 cm³/mol. The van der Waals surface area contributed by atoms with Crippen molar-refractivity contribution in [2.24, 2.45) is 5.73 Å². The Kier molecular flexibility index (Phi) is 8.20. The molecule has 0 saturated carbocycles. The van der Waals surface area contributed by atoms with Crippen molar-refractivity contribution >= 4 is 17.4 Å². The summed E-state index contributed by atoms with van der Waals surface area (Å²) in [6, 6.07) is 11.7. The van der Waals surface area contributed by atoms with Crippen LogP contribution in [0, 0.1) is 13.8 Å². The summed E-state index contributed by atoms with van der Waals surface area (Å²) in [5.74, 6) is 0.0921. The number of carbonyl (C=O) groups excluding carboxylic acids is 1. The molecule has 0 saturated heterocycles. The second kappa shape index (κ2) is 10.2. The normalized spacial score (nSPS) is 13.4. The summed E-state index contributed by atoms with van der Waals surface area (Å²) in [5.41, 5.74) is 10.3. The molecule has 0 spiro atoms. The fraction of sp³-hybridized carbons (Fsp3) is 0.435. The number of hydrogen-bond acceptors (Lipinski definition) is 4. The molecule has 3 N–H and O–H groups in total. The number of rotatable bonds is 10. The van der Waals surface area contributed by atoms with Gasteiger partial charge in [-0.25, -0.2) is 0 Å². The Morgan fingerprint density at radius 1 is 1.18 bits per heavy atom. The fourth-order valence-corrected chi connectivity index (χ4v) is 3.17. The van der Waals surface area contributed by atoms with Gasteiger partial charge in [0.2, 0.25) is 0 Å². The number of hydrogen-bond donors (Lipinski definition) is 2. The van der Waals surface area contributed by atoms with Crippen LogP contribution in [0.5, 0.6) is 0 Å². The predicted octanol–water partition coefficient (Wildman–Crippen LogP) is 4.39. The molecule has 0 aromatic heterocycles. The molecule has 0 aliphatic carbocycles. The zero-order chi connectivity index (χ0) is 20.7. The van der Waals surface area contributed by atoms with E-state index in [4.69, 9.17) is 27.2 Å². The van der Waals surface area contributed by atoms with Crippen LogP contribution in [0.4, 0.5) is 0 Å². The van der Waals surface area contributed by atoms with Crippen LogP contribution in [0.3, 0.4) is 0 Å². The minimum atomic E-state index is -0.780. The smallest absolute Gasteiger partial charge is 0.162 e. The second-order valence-corrected chi connectivity index (χ2v) is 8.23. The lowest BCUT2D eigenvalue weighted by atomic mass is 9.98. The molecule has 0 heterocycles. The van der Waals surface area contributed by atoms with Crippen LogP contribution in [-0.4, -0.2) is 29.6 Å². The zero-order valence-electron chi connectivity index (χ0n) is 16.9. The van der Waals surface area contributed by atoms with E-state index in [1.807, 2.05) is 6.07 Å². The highest BCUT2D eigenvalue weighted by molar-refractivity contribution is 6.31. The quantitative estimate of drug-likeness (QED) is 0.577. The van der Waals surface area contributed by atoms with Gasteiger partial charge in [0.15, 0.2) is 5.78 Å². The van der Waals surface area contributed by atoms with Gasteiger partial charge in [-0.3, -0.25) is 4.79 Å². The minimum Gasteiger partial charge on any atom is -0.394 e. The highest BCUT2D eigenvalue weighted by Crippen LogP contribution is 2.21. The van der Waals surface area contributed by atoms with Crippen LogP contribution < -0.4 is 5.73 Å². The van der Waals surface area contributed by atoms with Crippen molar-refractivity contribution < 1.29 is 14.6 Å². The van der Waals surface area contributed by atoms with Crippen molar-refractivity contribution in [3.8, 4) is 0 Å². The lowest BCUT2D eigenvalue weighted by molar-refractivity contribution is 0.0535. The van der Waals surface area contributed by atoms with E-state index in [2.05, 4.69) is 32.0 Å². The average Bonchev–Trinajstić information content (AvgIpc) is 2.65. The molecule has 0 amide bonds. The van der Waals surface area contributed by atoms with E-state index in [0.29, 0.717) is 17.0 Å². The maximum Gasteiger partial charge on any atom is 0.162 e. The molecule has 0 radical (unpaired) electrons. The van der Waals surface area contributed by atoms with Crippen LogP contribution >= 0.6 is 11.6 Å². The highest BCUT2D eigenvalue weighted by atomic mass is 35.5. The van der Waals surface area contributed by atoms with Crippen molar-refractivity contribution in [3.05, 3.63) is 69.2 Å². The number of benzene rings is 2. The van der Waals surface area contributed by atoms with E-state index in [1.165, 1.54) is 16.7 Å². The average molecular weight is 404 g/mol.